The molecule has 0 saturated carbocycles. The van der Waals surface area contributed by atoms with Gasteiger partial charge < -0.3 is 25.3 Å². The minimum absolute atomic E-state index is 0.131. The summed E-state index contributed by atoms with van der Waals surface area (Å²) < 4.78 is 14.1. The van der Waals surface area contributed by atoms with Crippen LogP contribution in [0.5, 0.6) is 0 Å². The number of anilines is 3. The molecule has 0 radical (unpaired) electrons. The summed E-state index contributed by atoms with van der Waals surface area (Å²) in [4.78, 5) is 44.8. The maximum atomic E-state index is 13.8. The topological polar surface area (TPSA) is 85.0 Å². The van der Waals surface area contributed by atoms with Crippen LogP contribution in [0.2, 0.25) is 0 Å². The number of nitrogens with one attached hydrogen (secondary N) is 2. The SMILES string of the molecule is O=C(CN1CN(c2ccccc2)C2(CCN(C(=O)Nc3cccc(Br)c3)CC2)C1=O)Nc1ccc(F)cc1. The molecule has 0 atom stereocenters. The predicted molar refractivity (Wildman–Crippen MR) is 147 cm³/mol. The van der Waals surface area contributed by atoms with Crippen LogP contribution >= 0.6 is 15.9 Å². The second kappa shape index (κ2) is 10.8. The van der Waals surface area contributed by atoms with E-state index >= 15 is 0 Å². The van der Waals surface area contributed by atoms with Gasteiger partial charge in [-0.05, 0) is 67.4 Å². The Morgan fingerprint density at radius 2 is 1.61 bits per heavy atom. The van der Waals surface area contributed by atoms with E-state index in [0.29, 0.717) is 37.3 Å². The van der Waals surface area contributed by atoms with Gasteiger partial charge in [0.25, 0.3) is 5.91 Å². The van der Waals surface area contributed by atoms with E-state index in [2.05, 4.69) is 26.6 Å². The molecule has 8 nitrogen and oxygen atoms in total. The van der Waals surface area contributed by atoms with E-state index in [-0.39, 0.29) is 31.1 Å². The van der Waals surface area contributed by atoms with Crippen molar-refractivity contribution in [3.63, 3.8) is 0 Å². The largest absolute Gasteiger partial charge is 0.339 e. The number of amides is 4. The van der Waals surface area contributed by atoms with Crippen molar-refractivity contribution in [1.82, 2.24) is 9.80 Å². The molecule has 2 aliphatic rings. The molecule has 2 N–H and O–H groups in total. The number of halogens is 2. The third kappa shape index (κ3) is 5.35. The van der Waals surface area contributed by atoms with Crippen molar-refractivity contribution in [2.24, 2.45) is 0 Å². The van der Waals surface area contributed by atoms with Gasteiger partial charge in [-0.1, -0.05) is 40.2 Å². The molecule has 38 heavy (non-hydrogen) atoms. The van der Waals surface area contributed by atoms with Crippen LogP contribution in [-0.2, 0) is 9.59 Å². The molecule has 1 spiro atoms. The predicted octanol–water partition coefficient (Wildman–Crippen LogP) is 4.90. The number of nitrogens with zero attached hydrogens (tertiary/aromatic N) is 3. The lowest BCUT2D eigenvalue weighted by molar-refractivity contribution is -0.136. The number of benzene rings is 3. The molecule has 2 saturated heterocycles. The van der Waals surface area contributed by atoms with Gasteiger partial charge in [0, 0.05) is 34.6 Å². The highest BCUT2D eigenvalue weighted by Gasteiger charge is 2.54. The number of para-hydroxylation sites is 1. The average molecular weight is 580 g/mol. The first-order valence-electron chi connectivity index (χ1n) is 12.3. The Balaban J connectivity index is 1.30. The van der Waals surface area contributed by atoms with E-state index in [1.54, 1.807) is 9.80 Å². The standard InChI is InChI=1S/C28H27BrFN5O3/c29-20-5-4-6-23(17-20)32-27(38)33-15-13-28(14-16-33)26(37)34(19-35(28)24-7-2-1-3-8-24)18-25(36)31-22-11-9-21(30)10-12-22/h1-12,17H,13-16,18-19H2,(H,31,36)(H,32,38). The number of rotatable bonds is 5. The van der Waals surface area contributed by atoms with Gasteiger partial charge in [-0.15, -0.1) is 0 Å². The zero-order valence-electron chi connectivity index (χ0n) is 20.6. The first-order valence-corrected chi connectivity index (χ1v) is 13.1. The third-order valence-electron chi connectivity index (χ3n) is 7.00. The van der Waals surface area contributed by atoms with Gasteiger partial charge in [0.05, 0.1) is 6.67 Å². The van der Waals surface area contributed by atoms with Crippen LogP contribution in [0, 0.1) is 5.82 Å². The molecule has 0 aromatic heterocycles. The lowest BCUT2D eigenvalue weighted by Crippen LogP contribution is -2.58. The number of urea groups is 1. The quantitative estimate of drug-likeness (QED) is 0.450. The van der Waals surface area contributed by atoms with Crippen molar-refractivity contribution in [2.45, 2.75) is 18.4 Å². The Bertz CT molecular complexity index is 1330. The normalized spacial score (nSPS) is 16.6. The van der Waals surface area contributed by atoms with E-state index in [0.717, 1.165) is 10.2 Å². The number of likely N-dealkylation sites (tertiary alicyclic amines) is 1. The summed E-state index contributed by atoms with van der Waals surface area (Å²) in [7, 11) is 0. The molecule has 196 valence electrons. The highest BCUT2D eigenvalue weighted by molar-refractivity contribution is 9.10. The van der Waals surface area contributed by atoms with Crippen LogP contribution in [-0.4, -0.2) is 59.5 Å². The minimum atomic E-state index is -0.857. The zero-order chi connectivity index (χ0) is 26.7. The van der Waals surface area contributed by atoms with Crippen LogP contribution in [0.25, 0.3) is 0 Å². The highest BCUT2D eigenvalue weighted by atomic mass is 79.9. The van der Waals surface area contributed by atoms with Crippen LogP contribution < -0.4 is 15.5 Å². The van der Waals surface area contributed by atoms with Gasteiger partial charge in [0.15, 0.2) is 0 Å². The zero-order valence-corrected chi connectivity index (χ0v) is 22.2. The van der Waals surface area contributed by atoms with Crippen molar-refractivity contribution >= 4 is 50.8 Å². The Morgan fingerprint density at radius 1 is 0.895 bits per heavy atom. The molecule has 3 aromatic rings. The van der Waals surface area contributed by atoms with Crippen molar-refractivity contribution < 1.29 is 18.8 Å². The minimum Gasteiger partial charge on any atom is -0.339 e. The molecule has 0 aliphatic carbocycles. The summed E-state index contributed by atoms with van der Waals surface area (Å²) >= 11 is 3.41. The second-order valence-electron chi connectivity index (χ2n) is 9.42. The average Bonchev–Trinajstić information content (AvgIpc) is 3.17. The van der Waals surface area contributed by atoms with Gasteiger partial charge in [-0.25, -0.2) is 9.18 Å². The number of piperidine rings is 1. The maximum absolute atomic E-state index is 13.8. The van der Waals surface area contributed by atoms with E-state index in [4.69, 9.17) is 0 Å². The fourth-order valence-corrected chi connectivity index (χ4v) is 5.48. The number of hydrogen-bond donors (Lipinski definition) is 2. The Labute approximate surface area is 228 Å². The van der Waals surface area contributed by atoms with Gasteiger partial charge in [0.2, 0.25) is 5.91 Å². The summed E-state index contributed by atoms with van der Waals surface area (Å²) in [6.45, 7) is 0.910. The van der Waals surface area contributed by atoms with Gasteiger partial charge in [0.1, 0.15) is 17.9 Å². The molecule has 0 unspecified atom stereocenters. The first kappa shape index (κ1) is 25.7. The fraction of sp³-hybridized carbons (Fsp3) is 0.250. The Hall–Kier alpha value is -3.92. The molecular formula is C28H27BrFN5O3. The lowest BCUT2D eigenvalue weighted by Gasteiger charge is -2.43. The van der Waals surface area contributed by atoms with Crippen LogP contribution in [0.1, 0.15) is 12.8 Å². The maximum Gasteiger partial charge on any atom is 0.321 e. The Morgan fingerprint density at radius 3 is 2.29 bits per heavy atom. The molecule has 3 aromatic carbocycles. The lowest BCUT2D eigenvalue weighted by atomic mass is 9.85. The second-order valence-corrected chi connectivity index (χ2v) is 10.3. The number of carbonyl (C=O) groups is 3. The van der Waals surface area contributed by atoms with E-state index in [1.807, 2.05) is 59.5 Å². The Kier molecular flexibility index (Phi) is 7.33. The number of hydrogen-bond acceptors (Lipinski definition) is 4. The molecule has 0 bridgehead atoms. The molecule has 2 aliphatic heterocycles. The first-order chi connectivity index (χ1) is 18.3. The van der Waals surface area contributed by atoms with Crippen LogP contribution in [0.3, 0.4) is 0 Å². The molecule has 10 heteroatoms. The summed E-state index contributed by atoms with van der Waals surface area (Å²) in [6.07, 6.45) is 0.866. The van der Waals surface area contributed by atoms with Gasteiger partial charge >= 0.3 is 6.03 Å². The molecular weight excluding hydrogens is 553 g/mol. The van der Waals surface area contributed by atoms with Crippen LogP contribution in [0.15, 0.2) is 83.3 Å². The summed E-state index contributed by atoms with van der Waals surface area (Å²) in [5.41, 5.74) is 1.17. The molecule has 2 fully saturated rings. The van der Waals surface area contributed by atoms with E-state index < -0.39 is 11.4 Å². The smallest absolute Gasteiger partial charge is 0.321 e. The van der Waals surface area contributed by atoms with E-state index in [1.165, 1.54) is 24.3 Å². The summed E-state index contributed by atoms with van der Waals surface area (Å²) in [5.74, 6) is -0.890. The number of carbonyl (C=O) groups excluding carboxylic acids is 3. The van der Waals surface area contributed by atoms with Crippen molar-refractivity contribution in [3.05, 3.63) is 89.2 Å². The highest BCUT2D eigenvalue weighted by Crippen LogP contribution is 2.39. The van der Waals surface area contributed by atoms with Crippen molar-refractivity contribution in [1.29, 1.82) is 0 Å². The van der Waals surface area contributed by atoms with E-state index in [9.17, 15) is 18.8 Å². The summed E-state index contributed by atoms with van der Waals surface area (Å²) in [6, 6.07) is 22.3. The van der Waals surface area contributed by atoms with Crippen molar-refractivity contribution in [3.8, 4) is 0 Å². The van der Waals surface area contributed by atoms with Crippen LogP contribution in [0.4, 0.5) is 26.2 Å². The molecule has 2 heterocycles. The monoisotopic (exact) mass is 579 g/mol. The van der Waals surface area contributed by atoms with Crippen molar-refractivity contribution in [2.75, 3.05) is 41.8 Å². The third-order valence-corrected chi connectivity index (χ3v) is 7.49. The summed E-state index contributed by atoms with van der Waals surface area (Å²) in [5, 5.41) is 5.65. The molecule has 5 rings (SSSR count). The van der Waals surface area contributed by atoms with Gasteiger partial charge in [-0.3, -0.25) is 9.59 Å². The molecule has 4 amide bonds. The fourth-order valence-electron chi connectivity index (χ4n) is 5.08. The van der Waals surface area contributed by atoms with Gasteiger partial charge in [-0.2, -0.15) is 0 Å².